The van der Waals surface area contributed by atoms with Crippen LogP contribution >= 0.6 is 0 Å². The van der Waals surface area contributed by atoms with Crippen LogP contribution in [0.5, 0.6) is 5.75 Å². The summed E-state index contributed by atoms with van der Waals surface area (Å²) in [6, 6.07) is 11.2. The molecule has 2 aromatic heterocycles. The van der Waals surface area contributed by atoms with Crippen LogP contribution in [0.2, 0.25) is 0 Å². The Balaban J connectivity index is 1.71. The predicted molar refractivity (Wildman–Crippen MR) is 90.6 cm³/mol. The van der Waals surface area contributed by atoms with E-state index in [0.29, 0.717) is 18.7 Å². The van der Waals surface area contributed by atoms with Crippen LogP contribution in [0.15, 0.2) is 53.6 Å². The first-order valence-corrected chi connectivity index (χ1v) is 7.59. The Morgan fingerprint density at radius 3 is 2.67 bits per heavy atom. The van der Waals surface area contributed by atoms with Crippen LogP contribution in [-0.2, 0) is 6.42 Å². The molecule has 0 atom stereocenters. The number of nitrogens with one attached hydrogen (secondary N) is 2. The highest BCUT2D eigenvalue weighted by atomic mass is 16.5. The Morgan fingerprint density at radius 2 is 2.00 bits per heavy atom. The van der Waals surface area contributed by atoms with Crippen molar-refractivity contribution in [2.45, 2.75) is 13.3 Å². The van der Waals surface area contributed by atoms with E-state index in [-0.39, 0.29) is 11.5 Å². The standard InChI is InChI=1S/C17H17N5O2/c1-2-24-14-7-5-12(6-8-14)10-15-16(23)20-17(22-21-15)19-13-4-3-9-18-11-13/h3-9,11H,2,10H2,1H3,(H2,19,20,22,23). The van der Waals surface area contributed by atoms with Crippen LogP contribution in [0.1, 0.15) is 18.2 Å². The van der Waals surface area contributed by atoms with E-state index in [4.69, 9.17) is 4.74 Å². The average Bonchev–Trinajstić information content (AvgIpc) is 2.60. The number of pyridine rings is 1. The lowest BCUT2D eigenvalue weighted by Gasteiger charge is -2.06. The summed E-state index contributed by atoms with van der Waals surface area (Å²) in [6.45, 7) is 2.56. The van der Waals surface area contributed by atoms with Crippen LogP contribution in [0, 0.1) is 0 Å². The molecule has 0 aliphatic carbocycles. The molecule has 0 bridgehead atoms. The fourth-order valence-electron chi connectivity index (χ4n) is 2.17. The molecule has 7 nitrogen and oxygen atoms in total. The quantitative estimate of drug-likeness (QED) is 0.723. The molecule has 0 saturated carbocycles. The van der Waals surface area contributed by atoms with Gasteiger partial charge in [0.2, 0.25) is 5.95 Å². The fourth-order valence-corrected chi connectivity index (χ4v) is 2.17. The molecule has 2 N–H and O–H groups in total. The molecule has 0 radical (unpaired) electrons. The van der Waals surface area contributed by atoms with Gasteiger partial charge in [-0.15, -0.1) is 10.2 Å². The summed E-state index contributed by atoms with van der Waals surface area (Å²) in [6.07, 6.45) is 3.70. The predicted octanol–water partition coefficient (Wildman–Crippen LogP) is 2.29. The van der Waals surface area contributed by atoms with E-state index >= 15 is 0 Å². The lowest BCUT2D eigenvalue weighted by molar-refractivity contribution is 0.340. The second kappa shape index (κ2) is 7.36. The summed E-state index contributed by atoms with van der Waals surface area (Å²) < 4.78 is 5.40. The molecule has 0 unspecified atom stereocenters. The largest absolute Gasteiger partial charge is 0.494 e. The van der Waals surface area contributed by atoms with E-state index < -0.39 is 0 Å². The number of benzene rings is 1. The van der Waals surface area contributed by atoms with Crippen molar-refractivity contribution < 1.29 is 4.74 Å². The zero-order valence-electron chi connectivity index (χ0n) is 13.2. The molecular weight excluding hydrogens is 306 g/mol. The third-order valence-corrected chi connectivity index (χ3v) is 3.29. The number of H-pyrrole nitrogens is 1. The minimum atomic E-state index is -0.273. The highest BCUT2D eigenvalue weighted by molar-refractivity contribution is 5.50. The Morgan fingerprint density at radius 1 is 1.17 bits per heavy atom. The molecule has 24 heavy (non-hydrogen) atoms. The number of aromatic amines is 1. The van der Waals surface area contributed by atoms with Gasteiger partial charge in [-0.25, -0.2) is 0 Å². The summed E-state index contributed by atoms with van der Waals surface area (Å²) in [5.74, 6) is 1.08. The topological polar surface area (TPSA) is 92.8 Å². The van der Waals surface area contributed by atoms with Crippen LogP contribution in [-0.4, -0.2) is 26.8 Å². The van der Waals surface area contributed by atoms with Crippen molar-refractivity contribution in [1.82, 2.24) is 20.2 Å². The van der Waals surface area contributed by atoms with Gasteiger partial charge in [0.05, 0.1) is 18.5 Å². The van der Waals surface area contributed by atoms with Crippen molar-refractivity contribution in [2.24, 2.45) is 0 Å². The molecule has 0 aliphatic heterocycles. The van der Waals surface area contributed by atoms with Crippen molar-refractivity contribution in [1.29, 1.82) is 0 Å². The summed E-state index contributed by atoms with van der Waals surface area (Å²) in [5.41, 5.74) is 1.77. The van der Waals surface area contributed by atoms with Crippen molar-refractivity contribution in [3.8, 4) is 5.75 Å². The number of ether oxygens (including phenoxy) is 1. The lowest BCUT2D eigenvalue weighted by atomic mass is 10.1. The van der Waals surface area contributed by atoms with Gasteiger partial charge < -0.3 is 10.1 Å². The SMILES string of the molecule is CCOc1ccc(Cc2nnc(Nc3cccnc3)[nH]c2=O)cc1. The molecule has 0 amide bonds. The molecule has 3 rings (SSSR count). The van der Waals surface area contributed by atoms with E-state index in [1.54, 1.807) is 18.5 Å². The molecule has 3 aromatic rings. The van der Waals surface area contributed by atoms with Crippen molar-refractivity contribution in [3.05, 3.63) is 70.4 Å². The number of anilines is 2. The van der Waals surface area contributed by atoms with Crippen LogP contribution in [0.25, 0.3) is 0 Å². The maximum absolute atomic E-state index is 12.2. The summed E-state index contributed by atoms with van der Waals surface area (Å²) >= 11 is 0. The second-order valence-electron chi connectivity index (χ2n) is 5.07. The zero-order chi connectivity index (χ0) is 16.8. The van der Waals surface area contributed by atoms with E-state index in [0.717, 1.165) is 17.0 Å². The Bertz CT molecular complexity index is 847. The van der Waals surface area contributed by atoms with Crippen molar-refractivity contribution in [2.75, 3.05) is 11.9 Å². The van der Waals surface area contributed by atoms with E-state index in [1.807, 2.05) is 37.3 Å². The van der Waals surface area contributed by atoms with Crippen LogP contribution < -0.4 is 15.6 Å². The lowest BCUT2D eigenvalue weighted by Crippen LogP contribution is -2.18. The molecular formula is C17H17N5O2. The maximum atomic E-state index is 12.2. The Kier molecular flexibility index (Phi) is 4.81. The van der Waals surface area contributed by atoms with Gasteiger partial charge in [-0.1, -0.05) is 12.1 Å². The minimum absolute atomic E-state index is 0.273. The third-order valence-electron chi connectivity index (χ3n) is 3.29. The third kappa shape index (κ3) is 3.95. The molecule has 122 valence electrons. The average molecular weight is 323 g/mol. The number of aromatic nitrogens is 4. The second-order valence-corrected chi connectivity index (χ2v) is 5.07. The number of nitrogens with zero attached hydrogens (tertiary/aromatic N) is 3. The molecule has 2 heterocycles. The first-order chi connectivity index (χ1) is 11.7. The first kappa shape index (κ1) is 15.7. The smallest absolute Gasteiger partial charge is 0.274 e. The van der Waals surface area contributed by atoms with Gasteiger partial charge in [-0.2, -0.15) is 0 Å². The minimum Gasteiger partial charge on any atom is -0.494 e. The number of hydrogen-bond acceptors (Lipinski definition) is 6. The van der Waals surface area contributed by atoms with E-state index in [9.17, 15) is 4.79 Å². The van der Waals surface area contributed by atoms with Gasteiger partial charge in [-0.3, -0.25) is 14.8 Å². The normalized spacial score (nSPS) is 10.4. The van der Waals surface area contributed by atoms with Gasteiger partial charge in [0.25, 0.3) is 5.56 Å². The number of hydrogen-bond donors (Lipinski definition) is 2. The van der Waals surface area contributed by atoms with Gasteiger partial charge in [0.1, 0.15) is 11.4 Å². The van der Waals surface area contributed by atoms with Gasteiger partial charge >= 0.3 is 0 Å². The van der Waals surface area contributed by atoms with Crippen LogP contribution in [0.4, 0.5) is 11.6 Å². The molecule has 1 aromatic carbocycles. The van der Waals surface area contributed by atoms with Gasteiger partial charge in [0, 0.05) is 12.6 Å². The van der Waals surface area contributed by atoms with Gasteiger partial charge in [0.15, 0.2) is 0 Å². The highest BCUT2D eigenvalue weighted by Gasteiger charge is 2.07. The highest BCUT2D eigenvalue weighted by Crippen LogP contribution is 2.14. The molecule has 7 heteroatoms. The molecule has 0 fully saturated rings. The molecule has 0 aliphatic rings. The first-order valence-electron chi connectivity index (χ1n) is 7.59. The Labute approximate surface area is 138 Å². The Hall–Kier alpha value is -3.22. The summed E-state index contributed by atoms with van der Waals surface area (Å²) in [5, 5.41) is 11.0. The van der Waals surface area contributed by atoms with E-state index in [1.165, 1.54) is 0 Å². The van der Waals surface area contributed by atoms with Crippen LogP contribution in [0.3, 0.4) is 0 Å². The van der Waals surface area contributed by atoms with Crippen molar-refractivity contribution >= 4 is 11.6 Å². The van der Waals surface area contributed by atoms with E-state index in [2.05, 4.69) is 25.5 Å². The zero-order valence-corrected chi connectivity index (χ0v) is 13.2. The summed E-state index contributed by atoms with van der Waals surface area (Å²) in [4.78, 5) is 18.8. The maximum Gasteiger partial charge on any atom is 0.274 e. The monoisotopic (exact) mass is 323 g/mol. The molecule has 0 saturated heterocycles. The van der Waals surface area contributed by atoms with Gasteiger partial charge in [-0.05, 0) is 36.8 Å². The fraction of sp³-hybridized carbons (Fsp3) is 0.176. The summed E-state index contributed by atoms with van der Waals surface area (Å²) in [7, 11) is 0. The molecule has 0 spiro atoms. The number of rotatable bonds is 6. The van der Waals surface area contributed by atoms with Crippen molar-refractivity contribution in [3.63, 3.8) is 0 Å².